The van der Waals surface area contributed by atoms with Crippen LogP contribution in [0.5, 0.6) is 5.75 Å². The third-order valence-corrected chi connectivity index (χ3v) is 4.19. The van der Waals surface area contributed by atoms with Crippen molar-refractivity contribution >= 4 is 28.2 Å². The van der Waals surface area contributed by atoms with Crippen LogP contribution in [-0.4, -0.2) is 12.3 Å². The highest BCUT2D eigenvalue weighted by atomic mass is 16.5. The largest absolute Gasteiger partial charge is 0.497 e. The molecule has 5 nitrogen and oxygen atoms in total. The second-order valence-electron chi connectivity index (χ2n) is 5.90. The van der Waals surface area contributed by atoms with Crippen LogP contribution in [0.4, 0.5) is 17.2 Å². The Bertz CT molecular complexity index is 1010. The van der Waals surface area contributed by atoms with E-state index in [0.29, 0.717) is 11.4 Å². The maximum absolute atomic E-state index is 5.42. The number of nitrogens with zero attached hydrogens (tertiary/aromatic N) is 1. The Morgan fingerprint density at radius 2 is 1.69 bits per heavy atom. The molecule has 0 radical (unpaired) electrons. The van der Waals surface area contributed by atoms with Gasteiger partial charge in [-0.2, -0.15) is 0 Å². The Kier molecular flexibility index (Phi) is 4.43. The van der Waals surface area contributed by atoms with Crippen LogP contribution in [-0.2, 0) is 6.54 Å². The number of methoxy groups -OCH3 is 1. The van der Waals surface area contributed by atoms with Gasteiger partial charge in [0.1, 0.15) is 5.75 Å². The second-order valence-corrected chi connectivity index (χ2v) is 5.90. The van der Waals surface area contributed by atoms with Gasteiger partial charge in [0.2, 0.25) is 0 Å². The van der Waals surface area contributed by atoms with Gasteiger partial charge in [-0.25, -0.2) is 0 Å². The van der Waals surface area contributed by atoms with E-state index in [-0.39, 0.29) is 0 Å². The number of anilines is 3. The fraction of sp³-hybridized carbons (Fsp3) is 0.0952. The number of hydrogen-bond acceptors (Lipinski definition) is 5. The first kappa shape index (κ1) is 16.0. The van der Waals surface area contributed by atoms with E-state index in [4.69, 9.17) is 9.26 Å². The van der Waals surface area contributed by atoms with E-state index in [0.717, 1.165) is 29.1 Å². The van der Waals surface area contributed by atoms with Gasteiger partial charge in [-0.1, -0.05) is 47.6 Å². The van der Waals surface area contributed by atoms with Gasteiger partial charge in [0, 0.05) is 12.6 Å². The molecule has 0 unspecified atom stereocenters. The van der Waals surface area contributed by atoms with Gasteiger partial charge in [0.25, 0.3) is 0 Å². The summed E-state index contributed by atoms with van der Waals surface area (Å²) in [4.78, 5) is 0. The van der Waals surface area contributed by atoms with E-state index in [1.54, 1.807) is 7.11 Å². The summed E-state index contributed by atoms with van der Waals surface area (Å²) >= 11 is 0. The highest BCUT2D eigenvalue weighted by molar-refractivity contribution is 5.92. The molecule has 1 heterocycles. The zero-order valence-electron chi connectivity index (χ0n) is 14.4. The van der Waals surface area contributed by atoms with E-state index in [2.05, 4.69) is 27.9 Å². The Hall–Kier alpha value is -3.47. The van der Waals surface area contributed by atoms with Crippen molar-refractivity contribution in [3.8, 4) is 5.75 Å². The molecule has 0 aliphatic rings. The van der Waals surface area contributed by atoms with Crippen molar-refractivity contribution in [3.05, 3.63) is 78.4 Å². The molecule has 0 aliphatic heterocycles. The summed E-state index contributed by atoms with van der Waals surface area (Å²) in [6.07, 6.45) is 0. The van der Waals surface area contributed by atoms with Crippen molar-refractivity contribution in [1.82, 2.24) is 5.16 Å². The summed E-state index contributed by atoms with van der Waals surface area (Å²) in [5.41, 5.74) is 3.85. The monoisotopic (exact) mass is 345 g/mol. The van der Waals surface area contributed by atoms with Crippen LogP contribution in [0.3, 0.4) is 0 Å². The van der Waals surface area contributed by atoms with Crippen LogP contribution in [0, 0.1) is 0 Å². The third-order valence-electron chi connectivity index (χ3n) is 4.19. The van der Waals surface area contributed by atoms with E-state index in [1.165, 1.54) is 5.56 Å². The highest BCUT2D eigenvalue weighted by Gasteiger charge is 2.11. The average molecular weight is 345 g/mol. The average Bonchev–Trinajstić information content (AvgIpc) is 3.10. The molecule has 4 aromatic rings. The summed E-state index contributed by atoms with van der Waals surface area (Å²) in [5, 5.41) is 11.9. The third kappa shape index (κ3) is 3.32. The summed E-state index contributed by atoms with van der Waals surface area (Å²) in [6.45, 7) is 0.746. The van der Waals surface area contributed by atoms with Crippen LogP contribution in [0.1, 0.15) is 5.56 Å². The number of nitrogens with one attached hydrogen (secondary N) is 2. The fourth-order valence-electron chi connectivity index (χ4n) is 2.80. The molecule has 2 N–H and O–H groups in total. The Morgan fingerprint density at radius 3 is 2.50 bits per heavy atom. The van der Waals surface area contributed by atoms with Gasteiger partial charge >= 0.3 is 0 Å². The van der Waals surface area contributed by atoms with E-state index in [1.807, 2.05) is 60.7 Å². The number of para-hydroxylation sites is 2. The quantitative estimate of drug-likeness (QED) is 0.503. The SMILES string of the molecule is COc1ccc2c(Nc3ccccc3NCc3ccccc3)noc2c1. The Balaban J connectivity index is 1.57. The van der Waals surface area contributed by atoms with Crippen molar-refractivity contribution in [2.75, 3.05) is 17.7 Å². The first-order valence-electron chi connectivity index (χ1n) is 8.41. The molecule has 130 valence electrons. The molecule has 0 atom stereocenters. The van der Waals surface area contributed by atoms with Crippen LogP contribution in [0.15, 0.2) is 77.3 Å². The lowest BCUT2D eigenvalue weighted by molar-refractivity contribution is 0.412. The van der Waals surface area contributed by atoms with Crippen LogP contribution >= 0.6 is 0 Å². The van der Waals surface area contributed by atoms with Gasteiger partial charge in [-0.15, -0.1) is 0 Å². The molecule has 26 heavy (non-hydrogen) atoms. The van der Waals surface area contributed by atoms with Crippen molar-refractivity contribution in [2.24, 2.45) is 0 Å². The number of rotatable bonds is 6. The minimum Gasteiger partial charge on any atom is -0.497 e. The maximum Gasteiger partial charge on any atom is 0.181 e. The molecular formula is C21H19N3O2. The molecule has 0 saturated heterocycles. The van der Waals surface area contributed by atoms with Crippen molar-refractivity contribution < 1.29 is 9.26 Å². The number of aromatic nitrogens is 1. The minimum absolute atomic E-state index is 0.677. The maximum atomic E-state index is 5.42. The Labute approximate surface area is 151 Å². The number of fused-ring (bicyclic) bond motifs is 1. The summed E-state index contributed by atoms with van der Waals surface area (Å²) in [7, 11) is 1.63. The number of ether oxygens (including phenoxy) is 1. The molecule has 1 aromatic heterocycles. The lowest BCUT2D eigenvalue weighted by Crippen LogP contribution is -2.02. The Morgan fingerprint density at radius 1 is 0.923 bits per heavy atom. The van der Waals surface area contributed by atoms with Crippen LogP contribution in [0.2, 0.25) is 0 Å². The van der Waals surface area contributed by atoms with E-state index < -0.39 is 0 Å². The summed E-state index contributed by atoms with van der Waals surface area (Å²) in [6, 6.07) is 24.0. The minimum atomic E-state index is 0.677. The first-order chi connectivity index (χ1) is 12.8. The molecule has 0 fully saturated rings. The van der Waals surface area contributed by atoms with Gasteiger partial charge in [-0.3, -0.25) is 0 Å². The molecule has 0 aliphatic carbocycles. The molecular weight excluding hydrogens is 326 g/mol. The zero-order valence-corrected chi connectivity index (χ0v) is 14.4. The number of hydrogen-bond donors (Lipinski definition) is 2. The van der Waals surface area contributed by atoms with Gasteiger partial charge < -0.3 is 19.9 Å². The predicted molar refractivity (Wildman–Crippen MR) is 104 cm³/mol. The predicted octanol–water partition coefficient (Wildman–Crippen LogP) is 5.19. The molecule has 0 saturated carbocycles. The van der Waals surface area contributed by atoms with Gasteiger partial charge in [-0.05, 0) is 29.8 Å². The smallest absolute Gasteiger partial charge is 0.181 e. The van der Waals surface area contributed by atoms with Crippen molar-refractivity contribution in [1.29, 1.82) is 0 Å². The lowest BCUT2D eigenvalue weighted by Gasteiger charge is -2.12. The van der Waals surface area contributed by atoms with E-state index in [9.17, 15) is 0 Å². The van der Waals surface area contributed by atoms with Gasteiger partial charge in [0.15, 0.2) is 11.4 Å². The van der Waals surface area contributed by atoms with Crippen LogP contribution in [0.25, 0.3) is 11.0 Å². The summed E-state index contributed by atoms with van der Waals surface area (Å²) < 4.78 is 10.6. The van der Waals surface area contributed by atoms with Crippen molar-refractivity contribution in [3.63, 3.8) is 0 Å². The molecule has 5 heteroatoms. The molecule has 3 aromatic carbocycles. The molecule has 0 bridgehead atoms. The molecule has 4 rings (SSSR count). The topological polar surface area (TPSA) is 59.3 Å². The summed E-state index contributed by atoms with van der Waals surface area (Å²) in [5.74, 6) is 1.42. The van der Waals surface area contributed by atoms with Crippen LogP contribution < -0.4 is 15.4 Å². The standard InChI is InChI=1S/C21H19N3O2/c1-25-16-11-12-17-20(13-16)26-24-21(17)23-19-10-6-5-9-18(19)22-14-15-7-3-2-4-8-15/h2-13,22H,14H2,1H3,(H,23,24). The molecule has 0 amide bonds. The second kappa shape index (κ2) is 7.19. The molecule has 0 spiro atoms. The zero-order chi connectivity index (χ0) is 17.8. The fourth-order valence-corrected chi connectivity index (χ4v) is 2.80. The number of benzene rings is 3. The first-order valence-corrected chi connectivity index (χ1v) is 8.41. The normalized spacial score (nSPS) is 10.7. The highest BCUT2D eigenvalue weighted by Crippen LogP contribution is 2.31. The van der Waals surface area contributed by atoms with Crippen molar-refractivity contribution in [2.45, 2.75) is 6.54 Å². The van der Waals surface area contributed by atoms with E-state index >= 15 is 0 Å². The lowest BCUT2D eigenvalue weighted by atomic mass is 10.2. The van der Waals surface area contributed by atoms with Gasteiger partial charge in [0.05, 0.1) is 23.9 Å².